The molecule has 1 N–H and O–H groups in total. The lowest BCUT2D eigenvalue weighted by atomic mass is 10.2. The van der Waals surface area contributed by atoms with Crippen LogP contribution in [0, 0.1) is 10.1 Å². The van der Waals surface area contributed by atoms with Gasteiger partial charge >= 0.3 is 6.18 Å². The number of imidazole rings is 1. The quantitative estimate of drug-likeness (QED) is 0.495. The zero-order valence-corrected chi connectivity index (χ0v) is 15.0. The summed E-state index contributed by atoms with van der Waals surface area (Å²) in [5, 5.41) is 13.3. The number of rotatable bonds is 4. The average Bonchev–Trinajstić information content (AvgIpc) is 3.00. The lowest BCUT2D eigenvalue weighted by molar-refractivity contribution is -0.384. The van der Waals surface area contributed by atoms with Crippen molar-refractivity contribution in [2.75, 3.05) is 5.32 Å². The van der Waals surface area contributed by atoms with Gasteiger partial charge in [0.05, 0.1) is 16.2 Å². The number of anilines is 1. The number of halogens is 4. The summed E-state index contributed by atoms with van der Waals surface area (Å²) in [5.74, 6) is -0.750. The molecule has 3 aromatic rings. The van der Waals surface area contributed by atoms with E-state index in [-0.39, 0.29) is 22.1 Å². The van der Waals surface area contributed by atoms with E-state index in [0.717, 1.165) is 22.7 Å². The van der Waals surface area contributed by atoms with Crippen LogP contribution < -0.4 is 5.32 Å². The van der Waals surface area contributed by atoms with E-state index in [1.807, 2.05) is 0 Å². The molecule has 2 aromatic heterocycles. The van der Waals surface area contributed by atoms with Crippen LogP contribution in [0.25, 0.3) is 5.65 Å². The standard InChI is InChI=1S/C17H12ClF3N4O3/c1-2-12-15(24-8-9(17(19,20)21)3-6-14(24)23-12)16(26)22-10-4-5-11(18)13(7-10)25(27)28/h3-8H,2H2,1H3,(H,22,26). The molecule has 0 bridgehead atoms. The highest BCUT2D eigenvalue weighted by molar-refractivity contribution is 6.32. The Bertz CT molecular complexity index is 1100. The van der Waals surface area contributed by atoms with Gasteiger partial charge in [-0.1, -0.05) is 18.5 Å². The number of carbonyl (C=O) groups excluding carboxylic acids is 1. The van der Waals surface area contributed by atoms with E-state index < -0.39 is 28.3 Å². The number of nitro benzene ring substituents is 1. The van der Waals surface area contributed by atoms with E-state index >= 15 is 0 Å². The van der Waals surface area contributed by atoms with Gasteiger partial charge in [-0.15, -0.1) is 0 Å². The van der Waals surface area contributed by atoms with Crippen molar-refractivity contribution < 1.29 is 22.9 Å². The molecule has 2 heterocycles. The molecule has 0 fully saturated rings. The molecule has 0 unspecified atom stereocenters. The van der Waals surface area contributed by atoms with E-state index in [4.69, 9.17) is 11.6 Å². The fourth-order valence-corrected chi connectivity index (χ4v) is 2.86. The number of nitro groups is 1. The summed E-state index contributed by atoms with van der Waals surface area (Å²) in [6.45, 7) is 1.70. The van der Waals surface area contributed by atoms with Crippen molar-refractivity contribution in [3.05, 3.63) is 68.6 Å². The third-order valence-corrected chi connectivity index (χ3v) is 4.29. The number of alkyl halides is 3. The van der Waals surface area contributed by atoms with Crippen LogP contribution in [0.4, 0.5) is 24.5 Å². The van der Waals surface area contributed by atoms with Gasteiger partial charge in [0, 0.05) is 18.0 Å². The summed E-state index contributed by atoms with van der Waals surface area (Å²) in [6.07, 6.45) is -3.50. The molecule has 1 aromatic carbocycles. The molecule has 146 valence electrons. The van der Waals surface area contributed by atoms with E-state index in [1.165, 1.54) is 18.2 Å². The van der Waals surface area contributed by atoms with Crippen LogP contribution in [-0.4, -0.2) is 20.2 Å². The minimum Gasteiger partial charge on any atom is -0.320 e. The van der Waals surface area contributed by atoms with Gasteiger partial charge in [0.25, 0.3) is 11.6 Å². The van der Waals surface area contributed by atoms with Gasteiger partial charge in [-0.25, -0.2) is 4.98 Å². The summed E-state index contributed by atoms with van der Waals surface area (Å²) in [6, 6.07) is 5.71. The highest BCUT2D eigenvalue weighted by atomic mass is 35.5. The number of fused-ring (bicyclic) bond motifs is 1. The van der Waals surface area contributed by atoms with Crippen molar-refractivity contribution in [1.82, 2.24) is 9.38 Å². The van der Waals surface area contributed by atoms with Gasteiger partial charge in [-0.2, -0.15) is 13.2 Å². The highest BCUT2D eigenvalue weighted by Crippen LogP contribution is 2.31. The number of nitrogens with zero attached hydrogens (tertiary/aromatic N) is 3. The Kier molecular flexibility index (Phi) is 4.99. The predicted molar refractivity (Wildman–Crippen MR) is 95.6 cm³/mol. The van der Waals surface area contributed by atoms with Crippen molar-refractivity contribution in [1.29, 1.82) is 0 Å². The Morgan fingerprint density at radius 3 is 2.64 bits per heavy atom. The molecule has 0 aliphatic heterocycles. The van der Waals surface area contributed by atoms with Crippen molar-refractivity contribution in [3.8, 4) is 0 Å². The number of aryl methyl sites for hydroxylation is 1. The summed E-state index contributed by atoms with van der Waals surface area (Å²) >= 11 is 5.74. The van der Waals surface area contributed by atoms with Crippen LogP contribution in [0.3, 0.4) is 0 Å². The molecule has 0 spiro atoms. The summed E-state index contributed by atoms with van der Waals surface area (Å²) in [4.78, 5) is 27.2. The molecule has 0 aliphatic rings. The molecular weight excluding hydrogens is 401 g/mol. The third kappa shape index (κ3) is 3.63. The highest BCUT2D eigenvalue weighted by Gasteiger charge is 2.32. The second kappa shape index (κ2) is 7.12. The zero-order chi connectivity index (χ0) is 20.6. The van der Waals surface area contributed by atoms with E-state index in [0.29, 0.717) is 12.1 Å². The van der Waals surface area contributed by atoms with Crippen molar-refractivity contribution in [3.63, 3.8) is 0 Å². The maximum absolute atomic E-state index is 13.0. The molecule has 3 rings (SSSR count). The normalized spacial score (nSPS) is 11.6. The number of pyridine rings is 1. The minimum atomic E-state index is -4.59. The number of nitrogens with one attached hydrogen (secondary N) is 1. The first-order valence-corrected chi connectivity index (χ1v) is 8.33. The number of hydrogen-bond acceptors (Lipinski definition) is 4. The fourth-order valence-electron chi connectivity index (χ4n) is 2.67. The Balaban J connectivity index is 2.05. The topological polar surface area (TPSA) is 89.5 Å². The van der Waals surface area contributed by atoms with Gasteiger partial charge < -0.3 is 5.32 Å². The second-order valence-corrected chi connectivity index (χ2v) is 6.19. The van der Waals surface area contributed by atoms with Gasteiger partial charge in [-0.05, 0) is 30.7 Å². The fraction of sp³-hybridized carbons (Fsp3) is 0.176. The molecular formula is C17H12ClF3N4O3. The molecule has 0 saturated carbocycles. The maximum Gasteiger partial charge on any atom is 0.417 e. The van der Waals surface area contributed by atoms with Crippen molar-refractivity contribution >= 4 is 34.5 Å². The maximum atomic E-state index is 13.0. The third-order valence-electron chi connectivity index (χ3n) is 3.97. The molecule has 28 heavy (non-hydrogen) atoms. The minimum absolute atomic E-state index is 0.0741. The van der Waals surface area contributed by atoms with E-state index in [9.17, 15) is 28.1 Å². The Morgan fingerprint density at radius 2 is 2.04 bits per heavy atom. The number of aromatic nitrogens is 2. The Morgan fingerprint density at radius 1 is 1.32 bits per heavy atom. The summed E-state index contributed by atoms with van der Waals surface area (Å²) in [5.41, 5.74) is -0.882. The first-order valence-electron chi connectivity index (χ1n) is 7.95. The molecule has 11 heteroatoms. The first-order chi connectivity index (χ1) is 13.1. The van der Waals surface area contributed by atoms with E-state index in [1.54, 1.807) is 6.92 Å². The van der Waals surface area contributed by atoms with Crippen LogP contribution >= 0.6 is 11.6 Å². The molecule has 7 nitrogen and oxygen atoms in total. The number of benzene rings is 1. The Labute approximate surface area is 160 Å². The second-order valence-electron chi connectivity index (χ2n) is 5.78. The lowest BCUT2D eigenvalue weighted by Gasteiger charge is -2.10. The monoisotopic (exact) mass is 412 g/mol. The van der Waals surface area contributed by atoms with Crippen LogP contribution in [0.2, 0.25) is 5.02 Å². The Hall–Kier alpha value is -3.14. The lowest BCUT2D eigenvalue weighted by Crippen LogP contribution is -2.17. The average molecular weight is 413 g/mol. The smallest absolute Gasteiger partial charge is 0.320 e. The van der Waals surface area contributed by atoms with Gasteiger partial charge in [-0.3, -0.25) is 19.3 Å². The first kappa shape index (κ1) is 19.6. The van der Waals surface area contributed by atoms with Crippen molar-refractivity contribution in [2.24, 2.45) is 0 Å². The van der Waals surface area contributed by atoms with Gasteiger partial charge in [0.2, 0.25) is 0 Å². The van der Waals surface area contributed by atoms with Crippen molar-refractivity contribution in [2.45, 2.75) is 19.5 Å². The number of carbonyl (C=O) groups is 1. The summed E-state index contributed by atoms with van der Waals surface area (Å²) < 4.78 is 40.2. The summed E-state index contributed by atoms with van der Waals surface area (Å²) in [7, 11) is 0. The van der Waals surface area contributed by atoms with Crippen LogP contribution in [0.5, 0.6) is 0 Å². The zero-order valence-electron chi connectivity index (χ0n) is 14.2. The molecule has 0 atom stereocenters. The molecule has 0 saturated heterocycles. The number of hydrogen-bond donors (Lipinski definition) is 1. The van der Waals surface area contributed by atoms with Crippen LogP contribution in [0.15, 0.2) is 36.5 Å². The van der Waals surface area contributed by atoms with Crippen LogP contribution in [-0.2, 0) is 12.6 Å². The van der Waals surface area contributed by atoms with Gasteiger partial charge in [0.1, 0.15) is 16.4 Å². The van der Waals surface area contributed by atoms with Gasteiger partial charge in [0.15, 0.2) is 0 Å². The predicted octanol–water partition coefficient (Wildman–Crippen LogP) is 4.73. The largest absolute Gasteiger partial charge is 0.417 e. The molecule has 0 aliphatic carbocycles. The molecule has 1 amide bonds. The van der Waals surface area contributed by atoms with Crippen LogP contribution in [0.1, 0.15) is 28.7 Å². The van der Waals surface area contributed by atoms with E-state index in [2.05, 4.69) is 10.3 Å². The SMILES string of the molecule is CCc1nc2ccc(C(F)(F)F)cn2c1C(=O)Nc1ccc(Cl)c([N+](=O)[O-])c1. The molecule has 0 radical (unpaired) electrons. The number of amides is 1.